The molecule has 1 aromatic heterocycles. The van der Waals surface area contributed by atoms with Crippen LogP contribution in [0, 0.1) is 5.92 Å². The van der Waals surface area contributed by atoms with Crippen molar-refractivity contribution < 1.29 is 9.90 Å². The average Bonchev–Trinajstić information content (AvgIpc) is 2.40. The number of aromatic carboxylic acids is 1. The maximum atomic E-state index is 10.9. The molecule has 4 nitrogen and oxygen atoms in total. The zero-order chi connectivity index (χ0) is 13.0. The fourth-order valence-corrected chi connectivity index (χ4v) is 2.64. The molecule has 98 valence electrons. The first-order valence-corrected chi connectivity index (χ1v) is 6.57. The lowest BCUT2D eigenvalue weighted by atomic mass is 9.89. The topological polar surface area (TPSA) is 53.4 Å². The highest BCUT2D eigenvalue weighted by atomic mass is 16.4. The van der Waals surface area contributed by atoms with E-state index in [0.717, 1.165) is 18.2 Å². The molecule has 1 heterocycles. The number of anilines is 1. The van der Waals surface area contributed by atoms with Gasteiger partial charge < -0.3 is 10.0 Å². The van der Waals surface area contributed by atoms with Gasteiger partial charge >= 0.3 is 5.97 Å². The van der Waals surface area contributed by atoms with E-state index in [0.29, 0.717) is 0 Å². The van der Waals surface area contributed by atoms with Gasteiger partial charge in [0.1, 0.15) is 5.69 Å². The number of aromatic nitrogens is 1. The van der Waals surface area contributed by atoms with Crippen molar-refractivity contribution in [1.82, 2.24) is 4.98 Å². The number of pyridine rings is 1. The first kappa shape index (κ1) is 12.9. The Bertz CT molecular complexity index is 414. The van der Waals surface area contributed by atoms with Gasteiger partial charge in [-0.15, -0.1) is 0 Å². The largest absolute Gasteiger partial charge is 0.477 e. The quantitative estimate of drug-likeness (QED) is 0.890. The summed E-state index contributed by atoms with van der Waals surface area (Å²) in [7, 11) is 2.02. The van der Waals surface area contributed by atoms with E-state index in [1.165, 1.54) is 32.1 Å². The van der Waals surface area contributed by atoms with Crippen molar-refractivity contribution in [1.29, 1.82) is 0 Å². The third-order valence-electron chi connectivity index (χ3n) is 3.66. The molecule has 1 saturated carbocycles. The van der Waals surface area contributed by atoms with Crippen LogP contribution < -0.4 is 4.90 Å². The number of carbonyl (C=O) groups is 1. The zero-order valence-electron chi connectivity index (χ0n) is 10.8. The summed E-state index contributed by atoms with van der Waals surface area (Å²) in [6.07, 6.45) is 8.17. The Morgan fingerprint density at radius 1 is 1.44 bits per heavy atom. The maximum absolute atomic E-state index is 10.9. The van der Waals surface area contributed by atoms with Crippen molar-refractivity contribution >= 4 is 11.7 Å². The summed E-state index contributed by atoms with van der Waals surface area (Å²) >= 11 is 0. The smallest absolute Gasteiger partial charge is 0.354 e. The molecule has 0 radical (unpaired) electrons. The van der Waals surface area contributed by atoms with Gasteiger partial charge in [-0.2, -0.15) is 0 Å². The standard InChI is InChI=1S/C14H20N2O2/c1-16(10-11-5-3-2-4-6-11)12-7-8-15-13(9-12)14(17)18/h7-9,11H,2-6,10H2,1H3,(H,17,18). The van der Waals surface area contributed by atoms with Gasteiger partial charge in [-0.05, 0) is 30.9 Å². The van der Waals surface area contributed by atoms with Gasteiger partial charge in [0.2, 0.25) is 0 Å². The minimum atomic E-state index is -0.970. The summed E-state index contributed by atoms with van der Waals surface area (Å²) in [5.74, 6) is -0.229. The number of nitrogens with zero attached hydrogens (tertiary/aromatic N) is 2. The molecule has 4 heteroatoms. The fraction of sp³-hybridized carbons (Fsp3) is 0.571. The highest BCUT2D eigenvalue weighted by Crippen LogP contribution is 2.25. The Hall–Kier alpha value is -1.58. The SMILES string of the molecule is CN(CC1CCCCC1)c1ccnc(C(=O)O)c1. The van der Waals surface area contributed by atoms with E-state index in [4.69, 9.17) is 5.11 Å². The number of hydrogen-bond acceptors (Lipinski definition) is 3. The molecule has 0 bridgehead atoms. The number of hydrogen-bond donors (Lipinski definition) is 1. The molecular formula is C14H20N2O2. The Kier molecular flexibility index (Phi) is 4.18. The number of rotatable bonds is 4. The van der Waals surface area contributed by atoms with Gasteiger partial charge in [0.15, 0.2) is 0 Å². The molecule has 0 spiro atoms. The highest BCUT2D eigenvalue weighted by Gasteiger charge is 2.16. The second-order valence-electron chi connectivity index (χ2n) is 5.09. The lowest BCUT2D eigenvalue weighted by Gasteiger charge is -2.28. The van der Waals surface area contributed by atoms with E-state index < -0.39 is 5.97 Å². The van der Waals surface area contributed by atoms with Crippen molar-refractivity contribution in [2.75, 3.05) is 18.5 Å². The van der Waals surface area contributed by atoms with E-state index in [1.807, 2.05) is 13.1 Å². The lowest BCUT2D eigenvalue weighted by Crippen LogP contribution is -2.27. The summed E-state index contributed by atoms with van der Waals surface area (Å²) in [5.41, 5.74) is 1.05. The zero-order valence-corrected chi connectivity index (χ0v) is 10.8. The van der Waals surface area contributed by atoms with E-state index in [2.05, 4.69) is 9.88 Å². The molecule has 0 unspecified atom stereocenters. The van der Waals surface area contributed by atoms with E-state index in [9.17, 15) is 4.79 Å². The van der Waals surface area contributed by atoms with Crippen LogP contribution in [-0.2, 0) is 0 Å². The van der Waals surface area contributed by atoms with Crippen LogP contribution in [-0.4, -0.2) is 29.7 Å². The first-order chi connectivity index (χ1) is 8.66. The minimum absolute atomic E-state index is 0.114. The minimum Gasteiger partial charge on any atom is -0.477 e. The van der Waals surface area contributed by atoms with Crippen LogP contribution in [0.25, 0.3) is 0 Å². The molecule has 1 aliphatic rings. The van der Waals surface area contributed by atoms with Crippen LogP contribution in [0.15, 0.2) is 18.3 Å². The second-order valence-corrected chi connectivity index (χ2v) is 5.09. The second kappa shape index (κ2) is 5.85. The monoisotopic (exact) mass is 248 g/mol. The molecule has 1 aliphatic carbocycles. The van der Waals surface area contributed by atoms with Crippen LogP contribution >= 0.6 is 0 Å². The van der Waals surface area contributed by atoms with Crippen molar-refractivity contribution in [3.05, 3.63) is 24.0 Å². The van der Waals surface area contributed by atoms with Gasteiger partial charge in [-0.3, -0.25) is 0 Å². The third-order valence-corrected chi connectivity index (χ3v) is 3.66. The summed E-state index contributed by atoms with van der Waals surface area (Å²) in [5, 5.41) is 8.93. The fourth-order valence-electron chi connectivity index (χ4n) is 2.64. The van der Waals surface area contributed by atoms with Crippen molar-refractivity contribution in [2.24, 2.45) is 5.92 Å². The normalized spacial score (nSPS) is 16.5. The number of carboxylic acids is 1. The maximum Gasteiger partial charge on any atom is 0.354 e. The van der Waals surface area contributed by atoms with E-state index in [-0.39, 0.29) is 5.69 Å². The molecule has 2 rings (SSSR count). The van der Waals surface area contributed by atoms with E-state index in [1.54, 1.807) is 12.3 Å². The van der Waals surface area contributed by atoms with Crippen LogP contribution in [0.4, 0.5) is 5.69 Å². The molecule has 0 aliphatic heterocycles. The van der Waals surface area contributed by atoms with Gasteiger partial charge in [0.05, 0.1) is 0 Å². The Morgan fingerprint density at radius 2 is 2.17 bits per heavy atom. The summed E-state index contributed by atoms with van der Waals surface area (Å²) in [6.45, 7) is 1.00. The molecule has 0 amide bonds. The van der Waals surface area contributed by atoms with Crippen molar-refractivity contribution in [3.8, 4) is 0 Å². The molecule has 0 atom stereocenters. The molecule has 1 fully saturated rings. The summed E-state index contributed by atoms with van der Waals surface area (Å²) in [6, 6.07) is 3.51. The highest BCUT2D eigenvalue weighted by molar-refractivity contribution is 5.86. The number of carboxylic acid groups (broad SMARTS) is 1. The predicted octanol–water partition coefficient (Wildman–Crippen LogP) is 2.80. The van der Waals surface area contributed by atoms with Crippen molar-refractivity contribution in [2.45, 2.75) is 32.1 Å². The Labute approximate surface area is 108 Å². The molecule has 0 saturated heterocycles. The predicted molar refractivity (Wildman–Crippen MR) is 71.0 cm³/mol. The molecule has 18 heavy (non-hydrogen) atoms. The molecule has 1 aromatic rings. The molecule has 0 aromatic carbocycles. The van der Waals surface area contributed by atoms with Crippen LogP contribution in [0.1, 0.15) is 42.6 Å². The average molecular weight is 248 g/mol. The van der Waals surface area contributed by atoms with Crippen LogP contribution in [0.5, 0.6) is 0 Å². The first-order valence-electron chi connectivity index (χ1n) is 6.57. The Balaban J connectivity index is 2.01. The molecular weight excluding hydrogens is 228 g/mol. The van der Waals surface area contributed by atoms with Gasteiger partial charge in [0.25, 0.3) is 0 Å². The van der Waals surface area contributed by atoms with Gasteiger partial charge in [0, 0.05) is 25.5 Å². The summed E-state index contributed by atoms with van der Waals surface area (Å²) in [4.78, 5) is 16.9. The van der Waals surface area contributed by atoms with Crippen molar-refractivity contribution in [3.63, 3.8) is 0 Å². The third kappa shape index (κ3) is 3.22. The summed E-state index contributed by atoms with van der Waals surface area (Å²) < 4.78 is 0. The Morgan fingerprint density at radius 3 is 2.83 bits per heavy atom. The van der Waals surface area contributed by atoms with Gasteiger partial charge in [-0.25, -0.2) is 9.78 Å². The van der Waals surface area contributed by atoms with Gasteiger partial charge in [-0.1, -0.05) is 19.3 Å². The molecule has 1 N–H and O–H groups in total. The lowest BCUT2D eigenvalue weighted by molar-refractivity contribution is 0.0690. The van der Waals surface area contributed by atoms with Crippen LogP contribution in [0.2, 0.25) is 0 Å². The van der Waals surface area contributed by atoms with E-state index >= 15 is 0 Å². The van der Waals surface area contributed by atoms with Crippen LogP contribution in [0.3, 0.4) is 0 Å².